The lowest BCUT2D eigenvalue weighted by Crippen LogP contribution is -2.21. The lowest BCUT2D eigenvalue weighted by molar-refractivity contribution is 0.0956. The highest BCUT2D eigenvalue weighted by Crippen LogP contribution is 2.15. The van der Waals surface area contributed by atoms with Crippen molar-refractivity contribution in [2.75, 3.05) is 7.05 Å². The van der Waals surface area contributed by atoms with Crippen LogP contribution in [0.1, 0.15) is 65.3 Å². The second kappa shape index (κ2) is 8.48. The van der Waals surface area contributed by atoms with Crippen LogP contribution in [-0.2, 0) is 6.54 Å². The van der Waals surface area contributed by atoms with E-state index in [-0.39, 0.29) is 18.2 Å². The molecule has 0 heterocycles. The predicted molar refractivity (Wildman–Crippen MR) is 80.8 cm³/mol. The monoisotopic (exact) mass is 276 g/mol. The third-order valence-corrected chi connectivity index (χ3v) is 3.38. The zero-order chi connectivity index (χ0) is 15.0. The van der Waals surface area contributed by atoms with Crippen LogP contribution < -0.4 is 11.1 Å². The van der Waals surface area contributed by atoms with Crippen LogP contribution in [0, 0.1) is 0 Å². The maximum atomic E-state index is 12.1. The molecule has 1 rings (SSSR count). The molecule has 1 aromatic rings. The van der Waals surface area contributed by atoms with E-state index in [1.54, 1.807) is 25.2 Å². The van der Waals surface area contributed by atoms with Crippen LogP contribution in [0.5, 0.6) is 0 Å². The molecule has 0 atom stereocenters. The largest absolute Gasteiger partial charge is 0.355 e. The Labute approximate surface area is 120 Å². The third kappa shape index (κ3) is 4.46. The molecule has 0 saturated heterocycles. The lowest BCUT2D eigenvalue weighted by atomic mass is 9.98. The van der Waals surface area contributed by atoms with E-state index >= 15 is 0 Å². The second-order valence-electron chi connectivity index (χ2n) is 4.89. The summed E-state index contributed by atoms with van der Waals surface area (Å²) in [5, 5.41) is 2.57. The number of carbonyl (C=O) groups is 2. The normalized spacial score (nSPS) is 10.3. The average Bonchev–Trinajstić information content (AvgIpc) is 2.49. The number of carbonyl (C=O) groups excluding carboxylic acids is 2. The first kappa shape index (κ1) is 16.4. The molecule has 0 saturated carbocycles. The minimum absolute atomic E-state index is 0.124. The Morgan fingerprint density at radius 1 is 1.20 bits per heavy atom. The third-order valence-electron chi connectivity index (χ3n) is 3.38. The Balaban J connectivity index is 2.76. The topological polar surface area (TPSA) is 72.2 Å². The molecule has 1 amide bonds. The van der Waals surface area contributed by atoms with Gasteiger partial charge in [0.2, 0.25) is 0 Å². The minimum atomic E-state index is -0.174. The molecule has 0 aliphatic heterocycles. The highest BCUT2D eigenvalue weighted by Gasteiger charge is 2.12. The molecule has 1 aromatic carbocycles. The molecule has 0 spiro atoms. The van der Waals surface area contributed by atoms with Crippen molar-refractivity contribution in [2.45, 2.75) is 45.6 Å². The van der Waals surface area contributed by atoms with Gasteiger partial charge in [0.1, 0.15) is 0 Å². The van der Waals surface area contributed by atoms with E-state index in [1.807, 2.05) is 0 Å². The summed E-state index contributed by atoms with van der Waals surface area (Å²) in [6.07, 6.45) is 4.89. The van der Waals surface area contributed by atoms with Crippen molar-refractivity contribution >= 4 is 11.7 Å². The number of rotatable bonds is 8. The highest BCUT2D eigenvalue weighted by atomic mass is 16.1. The van der Waals surface area contributed by atoms with E-state index in [0.29, 0.717) is 23.1 Å². The van der Waals surface area contributed by atoms with Gasteiger partial charge in [0.05, 0.1) is 0 Å². The Morgan fingerprint density at radius 2 is 1.95 bits per heavy atom. The van der Waals surface area contributed by atoms with Crippen LogP contribution in [-0.4, -0.2) is 18.7 Å². The molecule has 0 fully saturated rings. The lowest BCUT2D eigenvalue weighted by Gasteiger charge is -2.09. The fraction of sp³-hybridized carbons (Fsp3) is 0.500. The first-order valence-corrected chi connectivity index (χ1v) is 7.22. The van der Waals surface area contributed by atoms with Gasteiger partial charge in [-0.05, 0) is 24.1 Å². The Kier molecular flexibility index (Phi) is 6.94. The fourth-order valence-corrected chi connectivity index (χ4v) is 2.15. The SMILES string of the molecule is CCCCCCC(=O)c1ccc(C(=O)NC)c(CN)c1. The van der Waals surface area contributed by atoms with Crippen molar-refractivity contribution in [2.24, 2.45) is 5.73 Å². The molecule has 20 heavy (non-hydrogen) atoms. The number of benzene rings is 1. The zero-order valence-corrected chi connectivity index (χ0v) is 12.4. The fourth-order valence-electron chi connectivity index (χ4n) is 2.15. The summed E-state index contributed by atoms with van der Waals surface area (Å²) < 4.78 is 0. The summed E-state index contributed by atoms with van der Waals surface area (Å²) in [5.74, 6) is -0.0494. The number of nitrogens with two attached hydrogens (primary N) is 1. The van der Waals surface area contributed by atoms with Crippen LogP contribution in [0.25, 0.3) is 0 Å². The van der Waals surface area contributed by atoms with Crippen molar-refractivity contribution in [1.82, 2.24) is 5.32 Å². The second-order valence-corrected chi connectivity index (χ2v) is 4.89. The number of ketones is 1. The summed E-state index contributed by atoms with van der Waals surface area (Å²) in [6.45, 7) is 2.40. The number of hydrogen-bond acceptors (Lipinski definition) is 3. The number of hydrogen-bond donors (Lipinski definition) is 2. The maximum absolute atomic E-state index is 12.1. The van der Waals surface area contributed by atoms with Crippen LogP contribution in [0.3, 0.4) is 0 Å². The Bertz CT molecular complexity index is 470. The van der Waals surface area contributed by atoms with E-state index in [9.17, 15) is 9.59 Å². The Morgan fingerprint density at radius 3 is 2.55 bits per heavy atom. The van der Waals surface area contributed by atoms with Gasteiger partial charge in [0, 0.05) is 31.1 Å². The number of amides is 1. The molecule has 0 unspecified atom stereocenters. The number of nitrogens with one attached hydrogen (secondary N) is 1. The first-order chi connectivity index (χ1) is 9.63. The summed E-state index contributed by atoms with van der Waals surface area (Å²) in [6, 6.07) is 5.14. The maximum Gasteiger partial charge on any atom is 0.251 e. The molecule has 0 aliphatic rings. The van der Waals surface area contributed by atoms with Crippen LogP contribution >= 0.6 is 0 Å². The zero-order valence-electron chi connectivity index (χ0n) is 12.4. The molecule has 110 valence electrons. The van der Waals surface area contributed by atoms with Crippen molar-refractivity contribution in [3.8, 4) is 0 Å². The molecular weight excluding hydrogens is 252 g/mol. The molecule has 3 N–H and O–H groups in total. The van der Waals surface area contributed by atoms with E-state index in [1.165, 1.54) is 0 Å². The summed E-state index contributed by atoms with van der Waals surface area (Å²) >= 11 is 0. The van der Waals surface area contributed by atoms with Gasteiger partial charge in [-0.1, -0.05) is 32.3 Å². The van der Waals surface area contributed by atoms with Gasteiger partial charge in [-0.15, -0.1) is 0 Å². The molecule has 0 bridgehead atoms. The van der Waals surface area contributed by atoms with E-state index < -0.39 is 0 Å². The minimum Gasteiger partial charge on any atom is -0.355 e. The molecule has 0 radical (unpaired) electrons. The van der Waals surface area contributed by atoms with Crippen molar-refractivity contribution in [1.29, 1.82) is 0 Å². The summed E-state index contributed by atoms with van der Waals surface area (Å²) in [5.41, 5.74) is 7.56. The van der Waals surface area contributed by atoms with Gasteiger partial charge < -0.3 is 11.1 Å². The van der Waals surface area contributed by atoms with Crippen LogP contribution in [0.15, 0.2) is 18.2 Å². The molecule has 0 aromatic heterocycles. The molecule has 4 nitrogen and oxygen atoms in total. The van der Waals surface area contributed by atoms with Gasteiger partial charge in [-0.3, -0.25) is 9.59 Å². The average molecular weight is 276 g/mol. The standard InChI is InChI=1S/C16H24N2O2/c1-3-4-5-6-7-15(19)12-8-9-14(16(20)18-2)13(10-12)11-17/h8-10H,3-7,11,17H2,1-2H3,(H,18,20). The van der Waals surface area contributed by atoms with Gasteiger partial charge in [0.25, 0.3) is 5.91 Å². The van der Waals surface area contributed by atoms with E-state index in [4.69, 9.17) is 5.73 Å². The first-order valence-electron chi connectivity index (χ1n) is 7.22. The highest BCUT2D eigenvalue weighted by molar-refractivity contribution is 5.99. The van der Waals surface area contributed by atoms with Gasteiger partial charge in [-0.2, -0.15) is 0 Å². The number of unbranched alkanes of at least 4 members (excludes halogenated alkanes) is 3. The van der Waals surface area contributed by atoms with E-state index in [0.717, 1.165) is 25.7 Å². The Hall–Kier alpha value is -1.68. The quantitative estimate of drug-likeness (QED) is 0.566. The van der Waals surface area contributed by atoms with Crippen LogP contribution in [0.2, 0.25) is 0 Å². The van der Waals surface area contributed by atoms with E-state index in [2.05, 4.69) is 12.2 Å². The van der Waals surface area contributed by atoms with Gasteiger partial charge >= 0.3 is 0 Å². The van der Waals surface area contributed by atoms with Crippen molar-refractivity contribution < 1.29 is 9.59 Å². The van der Waals surface area contributed by atoms with Crippen molar-refractivity contribution in [3.63, 3.8) is 0 Å². The summed E-state index contributed by atoms with van der Waals surface area (Å²) in [4.78, 5) is 23.8. The van der Waals surface area contributed by atoms with Gasteiger partial charge in [0.15, 0.2) is 5.78 Å². The molecule has 0 aliphatic carbocycles. The van der Waals surface area contributed by atoms with Crippen molar-refractivity contribution in [3.05, 3.63) is 34.9 Å². The summed E-state index contributed by atoms with van der Waals surface area (Å²) in [7, 11) is 1.58. The number of Topliss-reactive ketones (excluding diaryl/α,β-unsaturated/α-hetero) is 1. The molecular formula is C16H24N2O2. The molecule has 4 heteroatoms. The van der Waals surface area contributed by atoms with Crippen LogP contribution in [0.4, 0.5) is 0 Å². The van der Waals surface area contributed by atoms with Gasteiger partial charge in [-0.25, -0.2) is 0 Å². The predicted octanol–water partition coefficient (Wildman–Crippen LogP) is 2.66. The smallest absolute Gasteiger partial charge is 0.251 e.